The van der Waals surface area contributed by atoms with Crippen LogP contribution in [0, 0.1) is 0 Å². The third kappa shape index (κ3) is 3.77. The minimum absolute atomic E-state index is 0.0471. The molecule has 2 aliphatic heterocycles. The van der Waals surface area contributed by atoms with Gasteiger partial charge in [0.25, 0.3) is 5.91 Å². The molecule has 1 aromatic carbocycles. The summed E-state index contributed by atoms with van der Waals surface area (Å²) in [7, 11) is 1.90. The van der Waals surface area contributed by atoms with Crippen LogP contribution >= 0.6 is 34.7 Å². The Hall–Kier alpha value is -1.61. The zero-order valence-electron chi connectivity index (χ0n) is 17.4. The summed E-state index contributed by atoms with van der Waals surface area (Å²) in [6, 6.07) is 7.91. The van der Waals surface area contributed by atoms with Gasteiger partial charge in [-0.2, -0.15) is 0 Å². The van der Waals surface area contributed by atoms with Gasteiger partial charge in [0.15, 0.2) is 4.34 Å². The fraction of sp³-hybridized carbons (Fsp3) is 0.500. The number of thioether (sulfide) groups is 1. The van der Waals surface area contributed by atoms with Crippen molar-refractivity contribution in [2.24, 2.45) is 0 Å². The normalized spacial score (nSPS) is 25.9. The lowest BCUT2D eigenvalue weighted by Crippen LogP contribution is -2.44. The molecular formula is C22H25ClN4O2S2. The number of hydrogen-bond acceptors (Lipinski definition) is 7. The number of nitrogens with one attached hydrogen (secondary N) is 1. The molecule has 1 amide bonds. The zero-order valence-corrected chi connectivity index (χ0v) is 19.8. The first-order valence-corrected chi connectivity index (χ1v) is 12.7. The van der Waals surface area contributed by atoms with Gasteiger partial charge in [-0.25, -0.2) is 0 Å². The van der Waals surface area contributed by atoms with Crippen LogP contribution in [0.2, 0.25) is 5.02 Å². The van der Waals surface area contributed by atoms with E-state index in [4.69, 9.17) is 16.3 Å². The molecule has 6 nitrogen and oxygen atoms in total. The van der Waals surface area contributed by atoms with E-state index in [-0.39, 0.29) is 12.0 Å². The Morgan fingerprint density at radius 1 is 1.32 bits per heavy atom. The van der Waals surface area contributed by atoms with E-state index in [1.165, 1.54) is 28.7 Å². The van der Waals surface area contributed by atoms with Crippen molar-refractivity contribution in [2.45, 2.75) is 54.5 Å². The molecule has 2 fully saturated rings. The van der Waals surface area contributed by atoms with E-state index in [1.807, 2.05) is 30.1 Å². The van der Waals surface area contributed by atoms with E-state index >= 15 is 0 Å². The lowest BCUT2D eigenvalue weighted by atomic mass is 9.73. The maximum atomic E-state index is 13.4. The quantitative estimate of drug-likeness (QED) is 0.627. The molecule has 3 aliphatic rings. The first-order valence-electron chi connectivity index (χ1n) is 10.7. The largest absolute Gasteiger partial charge is 0.376 e. The molecule has 2 atom stereocenters. The monoisotopic (exact) mass is 476 g/mol. The SMILES string of the molecule is CN1C(=O)C(Sc2nnc(NC[C@H]3CCCO3)s2)=C2CCCC[C@]21c1ccccc1Cl. The van der Waals surface area contributed by atoms with Gasteiger partial charge in [0.2, 0.25) is 5.13 Å². The van der Waals surface area contributed by atoms with E-state index in [0.29, 0.717) is 5.02 Å². The van der Waals surface area contributed by atoms with Gasteiger partial charge in [-0.1, -0.05) is 59.3 Å². The Labute approximate surface area is 195 Å². The Kier molecular flexibility index (Phi) is 5.98. The Balaban J connectivity index is 1.42. The zero-order chi connectivity index (χ0) is 21.4. The molecule has 31 heavy (non-hydrogen) atoms. The van der Waals surface area contributed by atoms with Crippen LogP contribution in [0.25, 0.3) is 0 Å². The van der Waals surface area contributed by atoms with Gasteiger partial charge in [-0.3, -0.25) is 4.79 Å². The summed E-state index contributed by atoms with van der Waals surface area (Å²) in [4.78, 5) is 16.1. The first kappa shape index (κ1) is 21.2. The second-order valence-electron chi connectivity index (χ2n) is 8.21. The van der Waals surface area contributed by atoms with Crippen LogP contribution in [-0.4, -0.2) is 47.3 Å². The number of aromatic nitrogens is 2. The topological polar surface area (TPSA) is 67.4 Å². The molecule has 0 unspecified atom stereocenters. The molecule has 3 heterocycles. The van der Waals surface area contributed by atoms with Crippen LogP contribution in [0.5, 0.6) is 0 Å². The maximum absolute atomic E-state index is 13.4. The summed E-state index contributed by atoms with van der Waals surface area (Å²) in [5.74, 6) is 0.0471. The molecule has 2 aromatic rings. The van der Waals surface area contributed by atoms with Crippen molar-refractivity contribution in [3.8, 4) is 0 Å². The summed E-state index contributed by atoms with van der Waals surface area (Å²) in [6.07, 6.45) is 6.37. The van der Waals surface area contributed by atoms with Crippen molar-refractivity contribution in [2.75, 3.05) is 25.5 Å². The molecule has 0 radical (unpaired) electrons. The van der Waals surface area contributed by atoms with Crippen molar-refractivity contribution >= 4 is 45.7 Å². The number of rotatable bonds is 6. The van der Waals surface area contributed by atoms with E-state index < -0.39 is 5.54 Å². The Morgan fingerprint density at radius 3 is 3.00 bits per heavy atom. The summed E-state index contributed by atoms with van der Waals surface area (Å²) in [5.41, 5.74) is 1.74. The van der Waals surface area contributed by atoms with Crippen molar-refractivity contribution in [3.63, 3.8) is 0 Å². The van der Waals surface area contributed by atoms with E-state index in [2.05, 4.69) is 21.6 Å². The van der Waals surface area contributed by atoms with Crippen molar-refractivity contribution in [3.05, 3.63) is 45.3 Å². The highest BCUT2D eigenvalue weighted by molar-refractivity contribution is 8.05. The van der Waals surface area contributed by atoms with E-state index in [1.54, 1.807) is 0 Å². The maximum Gasteiger partial charge on any atom is 0.261 e. The molecule has 1 aromatic heterocycles. The van der Waals surface area contributed by atoms with Crippen molar-refractivity contribution in [1.82, 2.24) is 15.1 Å². The number of benzene rings is 1. The molecule has 1 saturated heterocycles. The molecule has 1 N–H and O–H groups in total. The van der Waals surface area contributed by atoms with E-state index in [9.17, 15) is 4.79 Å². The average molecular weight is 477 g/mol. The Morgan fingerprint density at radius 2 is 2.19 bits per heavy atom. The van der Waals surface area contributed by atoms with Gasteiger partial charge < -0.3 is 15.0 Å². The van der Waals surface area contributed by atoms with Gasteiger partial charge in [0, 0.05) is 30.8 Å². The third-order valence-corrected chi connectivity index (χ3v) is 8.87. The van der Waals surface area contributed by atoms with Gasteiger partial charge in [-0.05, 0) is 43.7 Å². The summed E-state index contributed by atoms with van der Waals surface area (Å²) in [5, 5.41) is 13.4. The summed E-state index contributed by atoms with van der Waals surface area (Å²) < 4.78 is 6.43. The second-order valence-corrected chi connectivity index (χ2v) is 10.9. The fourth-order valence-electron chi connectivity index (χ4n) is 4.96. The molecule has 0 spiro atoms. The number of carbonyl (C=O) groups is 1. The van der Waals surface area contributed by atoms with Crippen LogP contribution in [0.1, 0.15) is 44.1 Å². The smallest absolute Gasteiger partial charge is 0.261 e. The minimum Gasteiger partial charge on any atom is -0.376 e. The van der Waals surface area contributed by atoms with Crippen molar-refractivity contribution in [1.29, 1.82) is 0 Å². The van der Waals surface area contributed by atoms with E-state index in [0.717, 1.165) is 71.6 Å². The highest BCUT2D eigenvalue weighted by Gasteiger charge is 2.52. The van der Waals surface area contributed by atoms with Crippen LogP contribution < -0.4 is 5.32 Å². The summed E-state index contributed by atoms with van der Waals surface area (Å²) >= 11 is 9.56. The second kappa shape index (κ2) is 8.73. The van der Waals surface area contributed by atoms with Crippen LogP contribution in [-0.2, 0) is 15.1 Å². The molecule has 1 aliphatic carbocycles. The van der Waals surface area contributed by atoms with Gasteiger partial charge in [-0.15, -0.1) is 10.2 Å². The number of fused-ring (bicyclic) bond motifs is 1. The fourth-order valence-corrected chi connectivity index (χ4v) is 7.27. The number of carbonyl (C=O) groups excluding carboxylic acids is 1. The molecule has 9 heteroatoms. The van der Waals surface area contributed by atoms with Crippen molar-refractivity contribution < 1.29 is 9.53 Å². The number of halogens is 1. The highest BCUT2D eigenvalue weighted by atomic mass is 35.5. The lowest BCUT2D eigenvalue weighted by molar-refractivity contribution is -0.128. The lowest BCUT2D eigenvalue weighted by Gasteiger charge is -2.42. The standard InChI is InChI=1S/C22H25ClN4O2S2/c1-27-19(28)18(30-21-26-25-20(31-21)24-13-14-7-6-12-29-14)16-9-4-5-11-22(16,27)15-8-2-3-10-17(15)23/h2-3,8,10,14H,4-7,9,11-13H2,1H3,(H,24,25)/t14-,22+/m1/s1. The molecular weight excluding hydrogens is 452 g/mol. The predicted molar refractivity (Wildman–Crippen MR) is 125 cm³/mol. The third-order valence-electron chi connectivity index (χ3n) is 6.48. The summed E-state index contributed by atoms with van der Waals surface area (Å²) in [6.45, 7) is 1.58. The highest BCUT2D eigenvalue weighted by Crippen LogP contribution is 2.55. The van der Waals surface area contributed by atoms with Gasteiger partial charge >= 0.3 is 0 Å². The number of nitrogens with zero attached hydrogens (tertiary/aromatic N) is 3. The van der Waals surface area contributed by atoms with Gasteiger partial charge in [0.1, 0.15) is 0 Å². The predicted octanol–water partition coefficient (Wildman–Crippen LogP) is 5.07. The molecule has 0 bridgehead atoms. The minimum atomic E-state index is -0.457. The first-order chi connectivity index (χ1) is 15.1. The van der Waals surface area contributed by atoms with Crippen LogP contribution in [0.3, 0.4) is 0 Å². The number of likely N-dealkylation sites (N-methyl/N-ethyl adjacent to an activating group) is 1. The number of hydrogen-bond donors (Lipinski definition) is 1. The number of amides is 1. The van der Waals surface area contributed by atoms with Gasteiger partial charge in [0.05, 0.1) is 16.5 Å². The number of anilines is 1. The molecule has 5 rings (SSSR count). The van der Waals surface area contributed by atoms with Crippen LogP contribution in [0.15, 0.2) is 39.1 Å². The Bertz CT molecular complexity index is 1020. The average Bonchev–Trinajstić information content (AvgIpc) is 3.51. The van der Waals surface area contributed by atoms with Crippen LogP contribution in [0.4, 0.5) is 5.13 Å². The molecule has 1 saturated carbocycles. The number of ether oxygens (including phenoxy) is 1. The molecule has 164 valence electrons.